The van der Waals surface area contributed by atoms with Crippen LogP contribution in [0, 0.1) is 5.92 Å². The van der Waals surface area contributed by atoms with Crippen LogP contribution in [-0.4, -0.2) is 19.7 Å². The van der Waals surface area contributed by atoms with Crippen molar-refractivity contribution in [3.8, 4) is 5.75 Å². The highest BCUT2D eigenvalue weighted by molar-refractivity contribution is 7.88. The van der Waals surface area contributed by atoms with Gasteiger partial charge >= 0.3 is 15.6 Å². The van der Waals surface area contributed by atoms with Crippen LogP contribution < -0.4 is 4.18 Å². The molecule has 2 aromatic rings. The number of halogens is 3. The second kappa shape index (κ2) is 7.97. The highest BCUT2D eigenvalue weighted by Crippen LogP contribution is 2.50. The molecular weight excluding hydrogens is 429 g/mol. The van der Waals surface area contributed by atoms with Gasteiger partial charge in [-0.2, -0.15) is 21.6 Å². The Hall–Kier alpha value is -2.35. The lowest BCUT2D eigenvalue weighted by atomic mass is 9.59. The molecule has 2 aliphatic carbocycles. The predicted octanol–water partition coefficient (Wildman–Crippen LogP) is 5.10. The van der Waals surface area contributed by atoms with Gasteiger partial charge in [0.25, 0.3) is 0 Å². The van der Waals surface area contributed by atoms with Crippen LogP contribution in [0.15, 0.2) is 48.5 Å². The van der Waals surface area contributed by atoms with Crippen molar-refractivity contribution in [3.05, 3.63) is 65.2 Å². The molecule has 1 saturated carbocycles. The molecule has 2 atom stereocenters. The number of aryl methyl sites for hydroxylation is 1. The topological polar surface area (TPSA) is 60.4 Å². The standard InChI is InChI=1S/C23H23F3O4S/c24-23(25,26)31(28,29)30-20-9-10-21-17(13-20)7-4-8-18-14-19(27)11-12-22(18,21)15-16-5-2-1-3-6-16/h1-3,5-6,9-10,13,18H,4,7-8,11-12,14-15H2/t18-,22+/m0/s1. The molecule has 0 saturated heterocycles. The van der Waals surface area contributed by atoms with Crippen LogP contribution in [0.4, 0.5) is 13.2 Å². The molecule has 2 aromatic carbocycles. The van der Waals surface area contributed by atoms with Gasteiger partial charge in [0.1, 0.15) is 11.5 Å². The van der Waals surface area contributed by atoms with Gasteiger partial charge in [-0.25, -0.2) is 0 Å². The molecule has 8 heteroatoms. The number of benzene rings is 2. The lowest BCUT2D eigenvalue weighted by molar-refractivity contribution is -0.123. The van der Waals surface area contributed by atoms with E-state index in [1.165, 1.54) is 12.1 Å². The van der Waals surface area contributed by atoms with Crippen LogP contribution in [0.1, 0.15) is 48.8 Å². The third-order valence-electron chi connectivity index (χ3n) is 6.57. The fraction of sp³-hybridized carbons (Fsp3) is 0.435. The maximum Gasteiger partial charge on any atom is 0.534 e. The van der Waals surface area contributed by atoms with Crippen molar-refractivity contribution < 1.29 is 30.6 Å². The summed E-state index contributed by atoms with van der Waals surface area (Å²) in [6.07, 6.45) is 4.55. The summed E-state index contributed by atoms with van der Waals surface area (Å²) in [5, 5.41) is 0. The molecule has 166 valence electrons. The van der Waals surface area contributed by atoms with Crippen molar-refractivity contribution in [1.29, 1.82) is 0 Å². The minimum Gasteiger partial charge on any atom is -0.376 e. The maximum atomic E-state index is 12.7. The molecule has 0 aromatic heterocycles. The number of carbonyl (C=O) groups is 1. The summed E-state index contributed by atoms with van der Waals surface area (Å²) in [5.74, 6) is 0.0468. The van der Waals surface area contributed by atoms with Gasteiger partial charge in [0.05, 0.1) is 0 Å². The van der Waals surface area contributed by atoms with Gasteiger partial charge < -0.3 is 4.18 Å². The monoisotopic (exact) mass is 452 g/mol. The Morgan fingerprint density at radius 1 is 1.06 bits per heavy atom. The van der Waals surface area contributed by atoms with E-state index >= 15 is 0 Å². The smallest absolute Gasteiger partial charge is 0.376 e. The first-order chi connectivity index (χ1) is 14.6. The van der Waals surface area contributed by atoms with Crippen molar-refractivity contribution in [2.24, 2.45) is 5.92 Å². The van der Waals surface area contributed by atoms with Crippen molar-refractivity contribution in [3.63, 3.8) is 0 Å². The number of alkyl halides is 3. The summed E-state index contributed by atoms with van der Waals surface area (Å²) in [6.45, 7) is 0. The molecule has 4 rings (SSSR count). The Morgan fingerprint density at radius 3 is 2.52 bits per heavy atom. The summed E-state index contributed by atoms with van der Waals surface area (Å²) in [4.78, 5) is 12.2. The molecule has 1 fully saturated rings. The normalized spacial score (nSPS) is 24.1. The first kappa shape index (κ1) is 21.9. The van der Waals surface area contributed by atoms with E-state index in [1.807, 2.05) is 30.3 Å². The van der Waals surface area contributed by atoms with E-state index in [0.717, 1.165) is 36.0 Å². The van der Waals surface area contributed by atoms with Gasteiger partial charge in [-0.1, -0.05) is 36.4 Å². The Kier molecular flexibility index (Phi) is 5.62. The molecule has 0 unspecified atom stereocenters. The van der Waals surface area contributed by atoms with Gasteiger partial charge in [0.2, 0.25) is 0 Å². The van der Waals surface area contributed by atoms with Crippen LogP contribution in [0.3, 0.4) is 0 Å². The number of hydrogen-bond donors (Lipinski definition) is 0. The van der Waals surface area contributed by atoms with E-state index in [0.29, 0.717) is 25.7 Å². The van der Waals surface area contributed by atoms with E-state index < -0.39 is 15.6 Å². The zero-order valence-electron chi connectivity index (χ0n) is 16.8. The molecule has 31 heavy (non-hydrogen) atoms. The van der Waals surface area contributed by atoms with E-state index in [-0.39, 0.29) is 22.9 Å². The molecular formula is C23H23F3O4S. The minimum absolute atomic E-state index is 0.140. The average molecular weight is 452 g/mol. The second-order valence-electron chi connectivity index (χ2n) is 8.45. The number of Topliss-reactive ketones (excluding diaryl/α,β-unsaturated/α-hetero) is 1. The van der Waals surface area contributed by atoms with Crippen LogP contribution in [0.25, 0.3) is 0 Å². The Morgan fingerprint density at radius 2 is 1.81 bits per heavy atom. The largest absolute Gasteiger partial charge is 0.534 e. The zero-order chi connectivity index (χ0) is 22.3. The quantitative estimate of drug-likeness (QED) is 0.478. The summed E-state index contributed by atoms with van der Waals surface area (Å²) >= 11 is 0. The van der Waals surface area contributed by atoms with Gasteiger partial charge in [0, 0.05) is 18.3 Å². The van der Waals surface area contributed by atoms with Gasteiger partial charge in [0.15, 0.2) is 0 Å². The molecule has 0 amide bonds. The first-order valence-electron chi connectivity index (χ1n) is 10.3. The van der Waals surface area contributed by atoms with E-state index in [2.05, 4.69) is 4.18 Å². The minimum atomic E-state index is -5.73. The fourth-order valence-electron chi connectivity index (χ4n) is 5.19. The molecule has 0 bridgehead atoms. The van der Waals surface area contributed by atoms with Gasteiger partial charge in [-0.3, -0.25) is 4.79 Å². The fourth-order valence-corrected chi connectivity index (χ4v) is 5.64. The number of carbonyl (C=O) groups excluding carboxylic acids is 1. The maximum absolute atomic E-state index is 12.7. The molecule has 0 spiro atoms. The van der Waals surface area contributed by atoms with E-state index in [9.17, 15) is 26.4 Å². The Bertz CT molecular complexity index is 1080. The summed E-state index contributed by atoms with van der Waals surface area (Å²) < 4.78 is 65.5. The Balaban J connectivity index is 1.77. The zero-order valence-corrected chi connectivity index (χ0v) is 17.6. The van der Waals surface area contributed by atoms with Gasteiger partial charge in [-0.15, -0.1) is 0 Å². The molecule has 0 N–H and O–H groups in total. The molecule has 0 aliphatic heterocycles. The van der Waals surface area contributed by atoms with Crippen molar-refractivity contribution in [1.82, 2.24) is 0 Å². The summed E-state index contributed by atoms with van der Waals surface area (Å²) in [5.41, 5.74) is -2.88. The number of fused-ring (bicyclic) bond motifs is 3. The lowest BCUT2D eigenvalue weighted by Gasteiger charge is -2.44. The highest BCUT2D eigenvalue weighted by atomic mass is 32.2. The predicted molar refractivity (Wildman–Crippen MR) is 109 cm³/mol. The second-order valence-corrected chi connectivity index (χ2v) is 9.99. The van der Waals surface area contributed by atoms with Crippen molar-refractivity contribution >= 4 is 15.9 Å². The molecule has 0 radical (unpaired) electrons. The molecule has 4 nitrogen and oxygen atoms in total. The highest BCUT2D eigenvalue weighted by Gasteiger charge is 2.49. The van der Waals surface area contributed by atoms with E-state index in [4.69, 9.17) is 0 Å². The third kappa shape index (κ3) is 4.22. The van der Waals surface area contributed by atoms with E-state index in [1.54, 1.807) is 6.07 Å². The molecule has 2 aliphatic rings. The summed E-state index contributed by atoms with van der Waals surface area (Å²) in [7, 11) is -5.73. The van der Waals surface area contributed by atoms with Crippen LogP contribution in [0.5, 0.6) is 5.75 Å². The molecule has 0 heterocycles. The number of ketones is 1. The van der Waals surface area contributed by atoms with Crippen molar-refractivity contribution in [2.45, 2.75) is 55.9 Å². The lowest BCUT2D eigenvalue weighted by Crippen LogP contribution is -2.42. The van der Waals surface area contributed by atoms with Gasteiger partial charge in [-0.05, 0) is 66.8 Å². The van der Waals surface area contributed by atoms with Crippen LogP contribution >= 0.6 is 0 Å². The summed E-state index contributed by atoms with van der Waals surface area (Å²) in [6, 6.07) is 14.4. The SMILES string of the molecule is O=C1CC[C@]2(Cc3ccccc3)c3ccc(OS(=O)(=O)C(F)(F)F)cc3CCC[C@H]2C1. The Labute approximate surface area is 179 Å². The number of hydrogen-bond acceptors (Lipinski definition) is 4. The van der Waals surface area contributed by atoms with Crippen LogP contribution in [-0.2, 0) is 33.2 Å². The average Bonchev–Trinajstić information content (AvgIpc) is 2.84. The first-order valence-corrected chi connectivity index (χ1v) is 11.7. The number of rotatable bonds is 4. The van der Waals surface area contributed by atoms with Crippen molar-refractivity contribution in [2.75, 3.05) is 0 Å². The third-order valence-corrected chi connectivity index (χ3v) is 7.55. The van der Waals surface area contributed by atoms with Crippen LogP contribution in [0.2, 0.25) is 0 Å².